The van der Waals surface area contributed by atoms with Gasteiger partial charge in [0.15, 0.2) is 5.82 Å². The predicted octanol–water partition coefficient (Wildman–Crippen LogP) is 6.04. The number of ether oxygens (including phenoxy) is 2. The molecule has 1 aromatic heterocycles. The SMILES string of the molecule is C#Cc1cccc2cc(O)cc(-c3ccc4c(N5CC6CCC(C5)N6C(=O)C(F)(F)F)nc(OCC5(CN6CC7CCC(C6)O7)CC5)nc4c3F)c12. The Morgan fingerprint density at radius 1 is 1.00 bits per heavy atom. The van der Waals surface area contributed by atoms with E-state index in [1.165, 1.54) is 6.07 Å². The summed E-state index contributed by atoms with van der Waals surface area (Å²) >= 11 is 0. The number of likely N-dealkylation sites (tertiary alicyclic amines) is 1. The van der Waals surface area contributed by atoms with E-state index in [-0.39, 0.29) is 53.6 Å². The Balaban J connectivity index is 1.10. The molecule has 52 heavy (non-hydrogen) atoms. The minimum absolute atomic E-state index is 0.0251. The number of fused-ring (bicyclic) bond motifs is 6. The van der Waals surface area contributed by atoms with Gasteiger partial charge in [-0.15, -0.1) is 6.42 Å². The smallest absolute Gasteiger partial charge is 0.471 e. The molecule has 4 aromatic rings. The molecule has 13 heteroatoms. The number of hydrogen-bond acceptors (Lipinski definition) is 8. The van der Waals surface area contributed by atoms with E-state index in [4.69, 9.17) is 20.9 Å². The molecule has 5 aliphatic rings. The third kappa shape index (κ3) is 5.76. The number of terminal acetylenes is 1. The highest BCUT2D eigenvalue weighted by molar-refractivity contribution is 6.04. The Morgan fingerprint density at radius 2 is 1.73 bits per heavy atom. The minimum atomic E-state index is -4.97. The largest absolute Gasteiger partial charge is 0.508 e. The number of nitrogens with zero attached hydrogens (tertiary/aromatic N) is 5. The van der Waals surface area contributed by atoms with E-state index < -0.39 is 30.0 Å². The molecule has 9 nitrogen and oxygen atoms in total. The molecule has 4 unspecified atom stereocenters. The first-order valence-corrected chi connectivity index (χ1v) is 17.9. The van der Waals surface area contributed by atoms with Gasteiger partial charge in [0.05, 0.1) is 30.9 Å². The number of rotatable bonds is 7. The van der Waals surface area contributed by atoms with Gasteiger partial charge in [-0.1, -0.05) is 24.1 Å². The molecule has 0 spiro atoms. The molecule has 270 valence electrons. The molecule has 5 fully saturated rings. The molecule has 1 aliphatic carbocycles. The first-order valence-electron chi connectivity index (χ1n) is 17.9. The number of halogens is 4. The molecule has 4 aliphatic heterocycles. The molecule has 0 radical (unpaired) electrons. The van der Waals surface area contributed by atoms with Crippen LogP contribution in [0.25, 0.3) is 32.8 Å². The van der Waals surface area contributed by atoms with E-state index in [9.17, 15) is 23.1 Å². The standard InChI is InChI=1S/C39H37F4N5O4/c1-2-22-4-3-5-23-14-26(49)15-31(32(22)23)29-10-11-30-34(33(29)40)44-37(51-21-38(12-13-38)20-46-18-27-8-9-28(19-46)52-27)45-35(30)47-16-24-6-7-25(17-47)48(24)36(50)39(41,42)43/h1,3-5,10-11,14-15,24-25,27-28,49H,6-9,12-13,16-21H2. The van der Waals surface area contributed by atoms with Crippen LogP contribution in [0.2, 0.25) is 0 Å². The second-order valence-corrected chi connectivity index (χ2v) is 15.1. The van der Waals surface area contributed by atoms with Crippen molar-refractivity contribution < 1.29 is 36.9 Å². The van der Waals surface area contributed by atoms with Gasteiger partial charge in [0.1, 0.15) is 17.1 Å². The van der Waals surface area contributed by atoms with Crippen molar-refractivity contribution in [3.63, 3.8) is 0 Å². The number of alkyl halides is 3. The van der Waals surface area contributed by atoms with E-state index in [1.807, 2.05) is 4.90 Å². The number of aromatic hydroxyl groups is 1. The molecule has 3 aromatic carbocycles. The lowest BCUT2D eigenvalue weighted by molar-refractivity contribution is -0.188. The van der Waals surface area contributed by atoms with Gasteiger partial charge < -0.3 is 24.4 Å². The topological polar surface area (TPSA) is 91.3 Å². The molecule has 4 saturated heterocycles. The van der Waals surface area contributed by atoms with Crippen LogP contribution in [0.15, 0.2) is 42.5 Å². The number of aromatic nitrogens is 2. The first-order chi connectivity index (χ1) is 25.0. The van der Waals surface area contributed by atoms with Gasteiger partial charge in [-0.3, -0.25) is 9.69 Å². The third-order valence-electron chi connectivity index (χ3n) is 11.6. The van der Waals surface area contributed by atoms with Gasteiger partial charge >= 0.3 is 18.1 Å². The van der Waals surface area contributed by atoms with Crippen molar-refractivity contribution in [3.05, 3.63) is 53.8 Å². The van der Waals surface area contributed by atoms with E-state index >= 15 is 4.39 Å². The summed E-state index contributed by atoms with van der Waals surface area (Å²) in [6.07, 6.45) is 6.33. The maximum atomic E-state index is 17.0. The number of amides is 1. The average molecular weight is 716 g/mol. The zero-order chi connectivity index (χ0) is 35.9. The molecule has 1 N–H and O–H groups in total. The second-order valence-electron chi connectivity index (χ2n) is 15.1. The summed E-state index contributed by atoms with van der Waals surface area (Å²) in [6, 6.07) is 10.2. The Labute approximate surface area is 297 Å². The van der Waals surface area contributed by atoms with Crippen LogP contribution in [-0.2, 0) is 9.53 Å². The highest BCUT2D eigenvalue weighted by atomic mass is 19.4. The summed E-state index contributed by atoms with van der Waals surface area (Å²) in [5.74, 6) is 0.423. The Bertz CT molecular complexity index is 2120. The molecule has 5 heterocycles. The van der Waals surface area contributed by atoms with Crippen LogP contribution in [0.1, 0.15) is 44.1 Å². The number of phenolic OH excluding ortho intramolecular Hbond substituents is 1. The fourth-order valence-corrected chi connectivity index (χ4v) is 8.98. The molecular weight excluding hydrogens is 678 g/mol. The van der Waals surface area contributed by atoms with Crippen LogP contribution < -0.4 is 9.64 Å². The normalized spacial score (nSPS) is 25.1. The Hall–Kier alpha value is -4.67. The monoisotopic (exact) mass is 715 g/mol. The highest BCUT2D eigenvalue weighted by Gasteiger charge is 2.52. The van der Waals surface area contributed by atoms with Crippen molar-refractivity contribution in [2.24, 2.45) is 5.41 Å². The van der Waals surface area contributed by atoms with Gasteiger partial charge in [-0.2, -0.15) is 23.1 Å². The summed E-state index contributed by atoms with van der Waals surface area (Å²) in [6.45, 7) is 3.15. The fraction of sp³-hybridized carbons (Fsp3) is 0.462. The third-order valence-corrected chi connectivity index (χ3v) is 11.6. The maximum Gasteiger partial charge on any atom is 0.471 e. The van der Waals surface area contributed by atoms with E-state index in [0.29, 0.717) is 52.6 Å². The van der Waals surface area contributed by atoms with Crippen molar-refractivity contribution in [1.82, 2.24) is 19.8 Å². The highest BCUT2D eigenvalue weighted by Crippen LogP contribution is 2.48. The van der Waals surface area contributed by atoms with Crippen LogP contribution in [0.5, 0.6) is 11.8 Å². The van der Waals surface area contributed by atoms with Crippen LogP contribution >= 0.6 is 0 Å². The number of carbonyl (C=O) groups excluding carboxylic acids is 1. The minimum Gasteiger partial charge on any atom is -0.508 e. The summed E-state index contributed by atoms with van der Waals surface area (Å²) in [4.78, 5) is 27.0. The van der Waals surface area contributed by atoms with Crippen LogP contribution in [0, 0.1) is 23.6 Å². The van der Waals surface area contributed by atoms with E-state index in [2.05, 4.69) is 15.8 Å². The number of anilines is 1. The van der Waals surface area contributed by atoms with Crippen LogP contribution in [0.4, 0.5) is 23.4 Å². The van der Waals surface area contributed by atoms with Crippen molar-refractivity contribution in [1.29, 1.82) is 0 Å². The van der Waals surface area contributed by atoms with E-state index in [0.717, 1.165) is 50.2 Å². The number of piperazine rings is 1. The van der Waals surface area contributed by atoms with Gasteiger partial charge in [0.2, 0.25) is 0 Å². The maximum absolute atomic E-state index is 17.0. The lowest BCUT2D eigenvalue weighted by atomic mass is 9.93. The van der Waals surface area contributed by atoms with E-state index in [1.54, 1.807) is 36.4 Å². The van der Waals surface area contributed by atoms with Crippen LogP contribution in [0.3, 0.4) is 0 Å². The zero-order valence-electron chi connectivity index (χ0n) is 28.3. The Kier molecular flexibility index (Phi) is 7.79. The first kappa shape index (κ1) is 33.2. The quantitative estimate of drug-likeness (QED) is 0.183. The number of benzene rings is 3. The molecular formula is C39H37F4N5O4. The molecule has 9 rings (SSSR count). The van der Waals surface area contributed by atoms with Crippen molar-refractivity contribution >= 4 is 33.4 Å². The van der Waals surface area contributed by atoms with Gasteiger partial charge in [0, 0.05) is 60.0 Å². The predicted molar refractivity (Wildman–Crippen MR) is 185 cm³/mol. The molecule has 1 amide bonds. The summed E-state index contributed by atoms with van der Waals surface area (Å²) in [5, 5.41) is 12.2. The van der Waals surface area contributed by atoms with Crippen LogP contribution in [-0.4, -0.2) is 101 Å². The van der Waals surface area contributed by atoms with Gasteiger partial charge in [-0.05, 0) is 73.7 Å². The van der Waals surface area contributed by atoms with Crippen molar-refractivity contribution in [3.8, 4) is 35.2 Å². The summed E-state index contributed by atoms with van der Waals surface area (Å²) in [7, 11) is 0. The zero-order valence-corrected chi connectivity index (χ0v) is 28.3. The number of hydrogen-bond donors (Lipinski definition) is 1. The lowest BCUT2D eigenvalue weighted by Gasteiger charge is -2.42. The summed E-state index contributed by atoms with van der Waals surface area (Å²) in [5.41, 5.74) is 0.962. The fourth-order valence-electron chi connectivity index (χ4n) is 8.98. The number of phenols is 1. The molecule has 4 atom stereocenters. The number of morpholine rings is 1. The number of carbonyl (C=O) groups is 1. The Morgan fingerprint density at radius 3 is 2.40 bits per heavy atom. The molecule has 1 saturated carbocycles. The van der Waals surface area contributed by atoms with Crippen molar-refractivity contribution in [2.45, 2.75) is 69.0 Å². The van der Waals surface area contributed by atoms with Crippen molar-refractivity contribution in [2.75, 3.05) is 44.2 Å². The lowest BCUT2D eigenvalue weighted by Crippen LogP contribution is -2.59. The second kappa shape index (κ2) is 12.2. The molecule has 4 bridgehead atoms. The summed E-state index contributed by atoms with van der Waals surface area (Å²) < 4.78 is 70.0. The average Bonchev–Trinajstić information content (AvgIpc) is 3.72. The van der Waals surface area contributed by atoms with Gasteiger partial charge in [-0.25, -0.2) is 4.39 Å². The van der Waals surface area contributed by atoms with Gasteiger partial charge in [0.25, 0.3) is 0 Å².